The van der Waals surface area contributed by atoms with Crippen molar-refractivity contribution in [2.75, 3.05) is 0 Å². The summed E-state index contributed by atoms with van der Waals surface area (Å²) in [6, 6.07) is 13.3. The van der Waals surface area contributed by atoms with Crippen molar-refractivity contribution in [2.45, 2.75) is 26.7 Å². The van der Waals surface area contributed by atoms with Gasteiger partial charge in [0.05, 0.1) is 5.92 Å². The van der Waals surface area contributed by atoms with Crippen molar-refractivity contribution in [2.24, 2.45) is 5.92 Å². The summed E-state index contributed by atoms with van der Waals surface area (Å²) in [6.07, 6.45) is -0.0229. The Morgan fingerprint density at radius 2 is 1.71 bits per heavy atom. The summed E-state index contributed by atoms with van der Waals surface area (Å²) in [7, 11) is 0. The van der Waals surface area contributed by atoms with Crippen LogP contribution in [0.5, 0.6) is 0 Å². The van der Waals surface area contributed by atoms with Gasteiger partial charge < -0.3 is 0 Å². The summed E-state index contributed by atoms with van der Waals surface area (Å²) >= 11 is 0. The topological polar surface area (TPSA) is 51.2 Å². The monoisotopic (exact) mass is 326 g/mol. The highest BCUT2D eigenvalue weighted by molar-refractivity contribution is 6.07. The number of halogens is 1. The second-order valence-corrected chi connectivity index (χ2v) is 5.67. The first-order valence-electron chi connectivity index (χ1n) is 7.85. The average Bonchev–Trinajstić information content (AvgIpc) is 2.59. The zero-order valence-corrected chi connectivity index (χ0v) is 13.7. The lowest BCUT2D eigenvalue weighted by molar-refractivity contribution is -0.131. The Kier molecular flexibility index (Phi) is 5.74. The molecule has 3 nitrogen and oxygen atoms in total. The van der Waals surface area contributed by atoms with E-state index in [1.165, 1.54) is 13.0 Å². The van der Waals surface area contributed by atoms with Gasteiger partial charge in [-0.1, -0.05) is 49.4 Å². The predicted molar refractivity (Wildman–Crippen MR) is 90.3 cm³/mol. The van der Waals surface area contributed by atoms with Gasteiger partial charge in [0.15, 0.2) is 5.78 Å². The van der Waals surface area contributed by atoms with Gasteiger partial charge in [-0.2, -0.15) is 0 Å². The van der Waals surface area contributed by atoms with Crippen molar-refractivity contribution < 1.29 is 18.8 Å². The molecule has 0 saturated carbocycles. The zero-order chi connectivity index (χ0) is 17.7. The molecule has 2 rings (SSSR count). The fourth-order valence-electron chi connectivity index (χ4n) is 2.57. The van der Waals surface area contributed by atoms with E-state index in [0.29, 0.717) is 5.56 Å². The second kappa shape index (κ2) is 7.77. The Bertz CT molecular complexity index is 766. The number of rotatable bonds is 7. The van der Waals surface area contributed by atoms with Crippen LogP contribution in [0.3, 0.4) is 0 Å². The highest BCUT2D eigenvalue weighted by atomic mass is 19.1. The van der Waals surface area contributed by atoms with Gasteiger partial charge in [-0.25, -0.2) is 4.39 Å². The molecule has 2 aromatic carbocycles. The van der Waals surface area contributed by atoms with E-state index < -0.39 is 17.5 Å². The van der Waals surface area contributed by atoms with Gasteiger partial charge >= 0.3 is 0 Å². The molecule has 0 spiro atoms. The summed E-state index contributed by atoms with van der Waals surface area (Å²) in [5.41, 5.74) is 1.29. The molecule has 0 aliphatic carbocycles. The standard InChI is InChI=1S/C20H19FO3/c1-3-19(23)17(13(2)22)12-20(24)15-9-10-16(18(21)11-15)14-7-5-4-6-8-14/h4-11,17H,3,12H2,1-2H3. The van der Waals surface area contributed by atoms with Crippen LogP contribution in [0.2, 0.25) is 0 Å². The zero-order valence-electron chi connectivity index (χ0n) is 13.7. The molecule has 0 amide bonds. The fraction of sp³-hybridized carbons (Fsp3) is 0.250. The predicted octanol–water partition coefficient (Wildman–Crippen LogP) is 4.25. The Labute approximate surface area is 140 Å². The summed E-state index contributed by atoms with van der Waals surface area (Å²) in [5.74, 6) is -2.46. The van der Waals surface area contributed by atoms with E-state index in [1.54, 1.807) is 25.1 Å². The minimum Gasteiger partial charge on any atom is -0.299 e. The number of ketones is 3. The maximum atomic E-state index is 14.3. The molecule has 124 valence electrons. The number of hydrogen-bond acceptors (Lipinski definition) is 3. The molecule has 0 bridgehead atoms. The molecule has 0 aliphatic rings. The van der Waals surface area contributed by atoms with Crippen molar-refractivity contribution in [3.05, 3.63) is 59.9 Å². The van der Waals surface area contributed by atoms with Crippen molar-refractivity contribution in [1.82, 2.24) is 0 Å². The molecule has 0 radical (unpaired) electrons. The molecule has 1 unspecified atom stereocenters. The average molecular weight is 326 g/mol. The van der Waals surface area contributed by atoms with Crippen LogP contribution in [0.1, 0.15) is 37.0 Å². The third-order valence-electron chi connectivity index (χ3n) is 3.99. The van der Waals surface area contributed by atoms with E-state index in [1.807, 2.05) is 18.2 Å². The highest BCUT2D eigenvalue weighted by Crippen LogP contribution is 2.24. The van der Waals surface area contributed by atoms with Gasteiger partial charge in [0.2, 0.25) is 0 Å². The van der Waals surface area contributed by atoms with Gasteiger partial charge in [-0.3, -0.25) is 14.4 Å². The minimum absolute atomic E-state index is 0.169. The van der Waals surface area contributed by atoms with Gasteiger partial charge in [0.25, 0.3) is 0 Å². The van der Waals surface area contributed by atoms with Crippen LogP contribution < -0.4 is 0 Å². The summed E-state index contributed by atoms with van der Waals surface area (Å²) in [5, 5.41) is 0. The lowest BCUT2D eigenvalue weighted by Crippen LogP contribution is -2.24. The quantitative estimate of drug-likeness (QED) is 0.564. The first kappa shape index (κ1) is 17.7. The lowest BCUT2D eigenvalue weighted by Gasteiger charge is -2.11. The maximum Gasteiger partial charge on any atom is 0.164 e. The van der Waals surface area contributed by atoms with E-state index in [0.717, 1.165) is 11.6 Å². The van der Waals surface area contributed by atoms with Crippen LogP contribution in [0, 0.1) is 11.7 Å². The van der Waals surface area contributed by atoms with E-state index in [9.17, 15) is 18.8 Å². The van der Waals surface area contributed by atoms with Gasteiger partial charge in [-0.15, -0.1) is 0 Å². The van der Waals surface area contributed by atoms with Crippen LogP contribution >= 0.6 is 0 Å². The van der Waals surface area contributed by atoms with Crippen molar-refractivity contribution >= 4 is 17.3 Å². The van der Waals surface area contributed by atoms with E-state index in [4.69, 9.17) is 0 Å². The van der Waals surface area contributed by atoms with Crippen LogP contribution in [0.4, 0.5) is 4.39 Å². The Morgan fingerprint density at radius 3 is 2.25 bits per heavy atom. The first-order valence-corrected chi connectivity index (χ1v) is 7.85. The molecule has 4 heteroatoms. The first-order chi connectivity index (χ1) is 11.4. The fourth-order valence-corrected chi connectivity index (χ4v) is 2.57. The van der Waals surface area contributed by atoms with E-state index in [-0.39, 0.29) is 30.0 Å². The summed E-state index contributed by atoms with van der Waals surface area (Å²) in [6.45, 7) is 2.95. The molecule has 2 aromatic rings. The van der Waals surface area contributed by atoms with Crippen LogP contribution in [0.15, 0.2) is 48.5 Å². The molecule has 24 heavy (non-hydrogen) atoms. The van der Waals surface area contributed by atoms with Crippen LogP contribution in [-0.2, 0) is 9.59 Å². The van der Waals surface area contributed by atoms with Gasteiger partial charge in [-0.05, 0) is 18.6 Å². The van der Waals surface area contributed by atoms with E-state index in [2.05, 4.69) is 0 Å². The molecule has 0 saturated heterocycles. The Hall–Kier alpha value is -2.62. The third kappa shape index (κ3) is 4.02. The molecule has 0 N–H and O–H groups in total. The van der Waals surface area contributed by atoms with Crippen LogP contribution in [0.25, 0.3) is 11.1 Å². The molecular formula is C20H19FO3. The lowest BCUT2D eigenvalue weighted by atomic mass is 9.90. The van der Waals surface area contributed by atoms with Crippen molar-refractivity contribution in [1.29, 1.82) is 0 Å². The Balaban J connectivity index is 2.23. The molecule has 0 aromatic heterocycles. The van der Waals surface area contributed by atoms with Gasteiger partial charge in [0.1, 0.15) is 17.4 Å². The number of Topliss-reactive ketones (excluding diaryl/α,β-unsaturated/α-hetero) is 3. The number of benzene rings is 2. The molecule has 0 fully saturated rings. The van der Waals surface area contributed by atoms with Crippen molar-refractivity contribution in [3.63, 3.8) is 0 Å². The number of hydrogen-bond donors (Lipinski definition) is 0. The highest BCUT2D eigenvalue weighted by Gasteiger charge is 2.25. The van der Waals surface area contributed by atoms with Crippen molar-refractivity contribution in [3.8, 4) is 11.1 Å². The maximum absolute atomic E-state index is 14.3. The molecule has 0 aliphatic heterocycles. The van der Waals surface area contributed by atoms with Gasteiger partial charge in [0, 0.05) is 24.0 Å². The molecule has 0 heterocycles. The normalized spacial score (nSPS) is 11.8. The molecule has 1 atom stereocenters. The number of carbonyl (C=O) groups excluding carboxylic acids is 3. The van der Waals surface area contributed by atoms with E-state index >= 15 is 0 Å². The SMILES string of the molecule is CCC(=O)C(CC(=O)c1ccc(-c2ccccc2)c(F)c1)C(C)=O. The minimum atomic E-state index is -0.945. The summed E-state index contributed by atoms with van der Waals surface area (Å²) in [4.78, 5) is 35.7. The molecular weight excluding hydrogens is 307 g/mol. The smallest absolute Gasteiger partial charge is 0.164 e. The number of carbonyl (C=O) groups is 3. The van der Waals surface area contributed by atoms with Crippen LogP contribution in [-0.4, -0.2) is 17.3 Å². The largest absolute Gasteiger partial charge is 0.299 e. The Morgan fingerprint density at radius 1 is 1.04 bits per heavy atom. The third-order valence-corrected chi connectivity index (χ3v) is 3.99. The summed E-state index contributed by atoms with van der Waals surface area (Å²) < 4.78 is 14.3. The second-order valence-electron chi connectivity index (χ2n) is 5.67.